The van der Waals surface area contributed by atoms with Crippen LogP contribution in [0.3, 0.4) is 0 Å². The maximum absolute atomic E-state index is 6.09. The lowest BCUT2D eigenvalue weighted by molar-refractivity contribution is 0.242. The van der Waals surface area contributed by atoms with E-state index in [9.17, 15) is 0 Å². The fourth-order valence-electron chi connectivity index (χ4n) is 3.66. The average molecular weight is 415 g/mol. The van der Waals surface area contributed by atoms with Crippen LogP contribution in [0.4, 0.5) is 0 Å². The number of benzene rings is 1. The first-order chi connectivity index (χ1) is 14.7. The minimum absolute atomic E-state index is 0.684. The average Bonchev–Trinajstić information content (AvgIpc) is 2.80. The quantitative estimate of drug-likeness (QED) is 0.498. The Morgan fingerprint density at radius 1 is 0.933 bits per heavy atom. The van der Waals surface area contributed by atoms with Crippen molar-refractivity contribution in [2.75, 3.05) is 6.54 Å². The Bertz CT molecular complexity index is 1160. The lowest BCUT2D eigenvalue weighted by Gasteiger charge is -2.28. The van der Waals surface area contributed by atoms with E-state index in [-0.39, 0.29) is 0 Å². The summed E-state index contributed by atoms with van der Waals surface area (Å²) < 4.78 is 0. The number of fused-ring (bicyclic) bond motifs is 1. The van der Waals surface area contributed by atoms with Gasteiger partial charge < -0.3 is 0 Å². The van der Waals surface area contributed by atoms with Gasteiger partial charge in [-0.15, -0.1) is 0 Å². The topological polar surface area (TPSA) is 67.7 Å². The molecule has 5 rings (SSSR count). The van der Waals surface area contributed by atoms with Gasteiger partial charge in [0.15, 0.2) is 5.82 Å². The Hall–Kier alpha value is -3.22. The zero-order valence-corrected chi connectivity index (χ0v) is 17.0. The molecule has 4 heterocycles. The second-order valence-corrected chi connectivity index (χ2v) is 7.75. The van der Waals surface area contributed by atoms with Crippen LogP contribution < -0.4 is 0 Å². The summed E-state index contributed by atoms with van der Waals surface area (Å²) in [7, 11) is 0. The van der Waals surface area contributed by atoms with Crippen molar-refractivity contribution in [3.63, 3.8) is 0 Å². The van der Waals surface area contributed by atoms with Crippen molar-refractivity contribution in [1.82, 2.24) is 29.8 Å². The van der Waals surface area contributed by atoms with E-state index in [0.29, 0.717) is 5.82 Å². The van der Waals surface area contributed by atoms with Gasteiger partial charge in [0.05, 0.1) is 17.0 Å². The molecule has 1 aliphatic rings. The molecule has 4 aromatic rings. The third-order valence-electron chi connectivity index (χ3n) is 5.18. The van der Waals surface area contributed by atoms with Gasteiger partial charge in [-0.25, -0.2) is 19.9 Å². The zero-order valence-electron chi connectivity index (χ0n) is 16.2. The summed E-state index contributed by atoms with van der Waals surface area (Å²) in [6.07, 6.45) is 9.76. The highest BCUT2D eigenvalue weighted by atomic mass is 35.5. The van der Waals surface area contributed by atoms with Gasteiger partial charge >= 0.3 is 0 Å². The molecule has 3 aromatic heterocycles. The molecule has 0 N–H and O–H groups in total. The van der Waals surface area contributed by atoms with Gasteiger partial charge in [-0.1, -0.05) is 29.8 Å². The first kappa shape index (κ1) is 18.8. The van der Waals surface area contributed by atoms with Crippen LogP contribution >= 0.6 is 11.6 Å². The summed E-state index contributed by atoms with van der Waals surface area (Å²) in [5.41, 5.74) is 6.26. The Morgan fingerprint density at radius 2 is 1.83 bits per heavy atom. The summed E-state index contributed by atoms with van der Waals surface area (Å²) in [5.74, 6) is 0.684. The molecule has 0 aliphatic carbocycles. The molecule has 0 radical (unpaired) electrons. The van der Waals surface area contributed by atoms with Crippen molar-refractivity contribution < 1.29 is 0 Å². The van der Waals surface area contributed by atoms with Crippen molar-refractivity contribution >= 4 is 11.6 Å². The standard InChI is InChI=1S/C23H19ClN6/c24-20-3-1-2-17(8-20)21-5-4-16(9-27-21)13-30-7-6-22-19(14-30)12-28-23(29-22)18-10-25-15-26-11-18/h1-5,8-12,15H,6-7,13-14H2. The Labute approximate surface area is 179 Å². The summed E-state index contributed by atoms with van der Waals surface area (Å²) >= 11 is 6.09. The smallest absolute Gasteiger partial charge is 0.162 e. The highest BCUT2D eigenvalue weighted by Gasteiger charge is 2.19. The molecule has 0 saturated heterocycles. The first-order valence-electron chi connectivity index (χ1n) is 9.78. The molecule has 148 valence electrons. The summed E-state index contributed by atoms with van der Waals surface area (Å²) in [6, 6.07) is 11.9. The van der Waals surface area contributed by atoms with E-state index in [1.165, 1.54) is 17.5 Å². The lowest BCUT2D eigenvalue weighted by Crippen LogP contribution is -2.31. The molecule has 0 spiro atoms. The van der Waals surface area contributed by atoms with Gasteiger partial charge in [-0.3, -0.25) is 9.88 Å². The van der Waals surface area contributed by atoms with Crippen molar-refractivity contribution in [2.45, 2.75) is 19.5 Å². The fraction of sp³-hybridized carbons (Fsp3) is 0.174. The van der Waals surface area contributed by atoms with Gasteiger partial charge in [-0.2, -0.15) is 0 Å². The van der Waals surface area contributed by atoms with Crippen LogP contribution in [-0.4, -0.2) is 36.4 Å². The Balaban J connectivity index is 1.27. The van der Waals surface area contributed by atoms with E-state index in [2.05, 4.69) is 37.0 Å². The molecule has 0 atom stereocenters. The zero-order chi connectivity index (χ0) is 20.3. The molecule has 1 aliphatic heterocycles. The molecule has 0 fully saturated rings. The number of hydrogen-bond acceptors (Lipinski definition) is 6. The Kier molecular flexibility index (Phi) is 5.17. The molecule has 1 aromatic carbocycles. The molecule has 30 heavy (non-hydrogen) atoms. The van der Waals surface area contributed by atoms with E-state index in [1.807, 2.05) is 36.7 Å². The molecule has 0 unspecified atom stereocenters. The summed E-state index contributed by atoms with van der Waals surface area (Å²) in [6.45, 7) is 2.62. The predicted octanol–water partition coefficient (Wildman–Crippen LogP) is 4.21. The second-order valence-electron chi connectivity index (χ2n) is 7.32. The van der Waals surface area contributed by atoms with Gasteiger partial charge in [0.2, 0.25) is 0 Å². The van der Waals surface area contributed by atoms with E-state index in [0.717, 1.165) is 53.6 Å². The van der Waals surface area contributed by atoms with Crippen molar-refractivity contribution in [3.05, 3.63) is 89.4 Å². The summed E-state index contributed by atoms with van der Waals surface area (Å²) in [5, 5.41) is 0.718. The maximum Gasteiger partial charge on any atom is 0.162 e. The molecule has 6 nitrogen and oxygen atoms in total. The van der Waals surface area contributed by atoms with Crippen molar-refractivity contribution in [1.29, 1.82) is 0 Å². The van der Waals surface area contributed by atoms with Crippen LogP contribution in [0.1, 0.15) is 16.8 Å². The van der Waals surface area contributed by atoms with E-state index in [4.69, 9.17) is 16.6 Å². The monoisotopic (exact) mass is 414 g/mol. The molecular formula is C23H19ClN6. The number of nitrogens with zero attached hydrogens (tertiary/aromatic N) is 6. The lowest BCUT2D eigenvalue weighted by atomic mass is 10.1. The largest absolute Gasteiger partial charge is 0.294 e. The van der Waals surface area contributed by atoms with Crippen LogP contribution in [0.15, 0.2) is 67.5 Å². The third-order valence-corrected chi connectivity index (χ3v) is 5.42. The predicted molar refractivity (Wildman–Crippen MR) is 116 cm³/mol. The Morgan fingerprint density at radius 3 is 2.63 bits per heavy atom. The third kappa shape index (κ3) is 4.06. The van der Waals surface area contributed by atoms with Gasteiger partial charge in [0.1, 0.15) is 6.33 Å². The number of hydrogen-bond donors (Lipinski definition) is 0. The highest BCUT2D eigenvalue weighted by molar-refractivity contribution is 6.30. The second kappa shape index (κ2) is 8.26. The molecule has 0 amide bonds. The maximum atomic E-state index is 6.09. The van der Waals surface area contributed by atoms with E-state index >= 15 is 0 Å². The molecule has 0 saturated carbocycles. The number of rotatable bonds is 4. The minimum atomic E-state index is 0.684. The van der Waals surface area contributed by atoms with Gasteiger partial charge in [-0.05, 0) is 23.8 Å². The first-order valence-corrected chi connectivity index (χ1v) is 10.2. The van der Waals surface area contributed by atoms with Crippen LogP contribution in [0.25, 0.3) is 22.6 Å². The molecule has 0 bridgehead atoms. The van der Waals surface area contributed by atoms with Crippen LogP contribution in [0.5, 0.6) is 0 Å². The molecule has 7 heteroatoms. The fourth-order valence-corrected chi connectivity index (χ4v) is 3.85. The number of pyridine rings is 1. The van der Waals surface area contributed by atoms with Gasteiger partial charge in [0.25, 0.3) is 0 Å². The van der Waals surface area contributed by atoms with Crippen LogP contribution in [0, 0.1) is 0 Å². The number of aromatic nitrogens is 5. The van der Waals surface area contributed by atoms with Crippen LogP contribution in [0.2, 0.25) is 5.02 Å². The highest BCUT2D eigenvalue weighted by Crippen LogP contribution is 2.23. The molecular weight excluding hydrogens is 396 g/mol. The van der Waals surface area contributed by atoms with Crippen LogP contribution in [-0.2, 0) is 19.5 Å². The normalized spacial score (nSPS) is 13.8. The van der Waals surface area contributed by atoms with E-state index in [1.54, 1.807) is 12.4 Å². The summed E-state index contributed by atoms with van der Waals surface area (Å²) in [4.78, 5) is 24.4. The van der Waals surface area contributed by atoms with Crippen molar-refractivity contribution in [3.8, 4) is 22.6 Å². The SMILES string of the molecule is Clc1cccc(-c2ccc(CN3CCc4nc(-c5cncnc5)ncc4C3)cn2)c1. The minimum Gasteiger partial charge on any atom is -0.294 e. The van der Waals surface area contributed by atoms with Crippen molar-refractivity contribution in [2.24, 2.45) is 0 Å². The number of halogens is 1. The van der Waals surface area contributed by atoms with E-state index < -0.39 is 0 Å². The van der Waals surface area contributed by atoms with Gasteiger partial charge in [0, 0.05) is 67.0 Å².